The number of aromatic nitrogens is 2. The summed E-state index contributed by atoms with van der Waals surface area (Å²) in [7, 11) is 0. The van der Waals surface area contributed by atoms with E-state index in [9.17, 15) is 19.1 Å². The summed E-state index contributed by atoms with van der Waals surface area (Å²) < 4.78 is 19.0. The number of aliphatic carboxylic acids is 1. The Kier molecular flexibility index (Phi) is 7.97. The van der Waals surface area contributed by atoms with Gasteiger partial charge in [-0.3, -0.25) is 4.79 Å². The molecule has 0 aliphatic rings. The summed E-state index contributed by atoms with van der Waals surface area (Å²) in [6.45, 7) is 6.25. The molecule has 1 amide bonds. The Morgan fingerprint density at radius 3 is 2.12 bits per heavy atom. The van der Waals surface area contributed by atoms with E-state index in [0.717, 1.165) is 27.8 Å². The van der Waals surface area contributed by atoms with Crippen LogP contribution in [0.2, 0.25) is 0 Å². The fourth-order valence-electron chi connectivity index (χ4n) is 4.52. The van der Waals surface area contributed by atoms with Crippen molar-refractivity contribution in [1.29, 1.82) is 0 Å². The maximum atomic E-state index is 13.6. The van der Waals surface area contributed by atoms with Crippen molar-refractivity contribution < 1.29 is 23.6 Å². The van der Waals surface area contributed by atoms with E-state index >= 15 is 0 Å². The minimum absolute atomic E-state index is 0.0508. The molecule has 0 spiro atoms. The molecule has 5 rings (SSSR count). The molecule has 1 unspecified atom stereocenters. The van der Waals surface area contributed by atoms with Gasteiger partial charge in [0.15, 0.2) is 0 Å². The van der Waals surface area contributed by atoms with E-state index in [-0.39, 0.29) is 17.7 Å². The zero-order valence-electron chi connectivity index (χ0n) is 23.5. The number of rotatable bonds is 8. The van der Waals surface area contributed by atoms with E-state index in [0.29, 0.717) is 22.8 Å². The van der Waals surface area contributed by atoms with E-state index in [1.54, 1.807) is 42.5 Å². The summed E-state index contributed by atoms with van der Waals surface area (Å²) >= 11 is 0. The Morgan fingerprint density at radius 1 is 0.857 bits per heavy atom. The van der Waals surface area contributed by atoms with Crippen molar-refractivity contribution in [1.82, 2.24) is 15.5 Å². The molecule has 8 heteroatoms. The Labute approximate surface area is 243 Å². The zero-order valence-corrected chi connectivity index (χ0v) is 23.5. The molecule has 7 nitrogen and oxygen atoms in total. The number of nitrogens with one attached hydrogen (secondary N) is 1. The van der Waals surface area contributed by atoms with Crippen LogP contribution >= 0.6 is 0 Å². The average Bonchev–Trinajstić information content (AvgIpc) is 3.47. The van der Waals surface area contributed by atoms with Gasteiger partial charge in [0.05, 0.1) is 0 Å². The Balaban J connectivity index is 1.24. The first kappa shape index (κ1) is 28.4. The van der Waals surface area contributed by atoms with Gasteiger partial charge in [-0.15, -0.1) is 0 Å². The average molecular weight is 564 g/mol. The highest BCUT2D eigenvalue weighted by Crippen LogP contribution is 2.27. The third-order valence-electron chi connectivity index (χ3n) is 6.98. The molecule has 0 saturated carbocycles. The van der Waals surface area contributed by atoms with Crippen molar-refractivity contribution >= 4 is 11.9 Å². The lowest BCUT2D eigenvalue weighted by molar-refractivity contribution is -0.139. The van der Waals surface area contributed by atoms with Crippen LogP contribution in [0.25, 0.3) is 34.0 Å². The first-order valence-corrected chi connectivity index (χ1v) is 13.5. The normalized spacial score (nSPS) is 12.1. The van der Waals surface area contributed by atoms with E-state index in [4.69, 9.17) is 4.52 Å². The second kappa shape index (κ2) is 11.8. The van der Waals surface area contributed by atoms with Crippen LogP contribution in [-0.2, 0) is 16.6 Å². The minimum atomic E-state index is -1.12. The van der Waals surface area contributed by atoms with Gasteiger partial charge < -0.3 is 14.9 Å². The van der Waals surface area contributed by atoms with Crippen LogP contribution in [-0.4, -0.2) is 33.2 Å². The van der Waals surface area contributed by atoms with Gasteiger partial charge in [-0.2, -0.15) is 4.98 Å². The van der Waals surface area contributed by atoms with Gasteiger partial charge in [0.25, 0.3) is 11.8 Å². The quantitative estimate of drug-likeness (QED) is 0.212. The molecule has 0 fully saturated rings. The summed E-state index contributed by atoms with van der Waals surface area (Å²) in [5.74, 6) is -1.14. The standard InChI is InChI=1S/C34H30FN3O4/c1-34(2,3)27-17-15-24(16-18-27)31(39)36-29(33(40)41)19-21-7-9-23(10-8-21)30-37-32(42-38-30)25-13-11-22(12-14-25)26-5-4-6-28(35)20-26/h4-18,20,29H,19H2,1-3H3,(H,36,39)(H,40,41). The number of carbonyl (C=O) groups excluding carboxylic acids is 1. The van der Waals surface area contributed by atoms with Gasteiger partial charge >= 0.3 is 5.97 Å². The number of benzene rings is 4. The molecule has 1 atom stereocenters. The first-order valence-electron chi connectivity index (χ1n) is 13.5. The van der Waals surface area contributed by atoms with E-state index in [1.165, 1.54) is 12.1 Å². The van der Waals surface area contributed by atoms with Crippen LogP contribution in [0.4, 0.5) is 4.39 Å². The van der Waals surface area contributed by atoms with Crippen LogP contribution < -0.4 is 5.32 Å². The summed E-state index contributed by atoms with van der Waals surface area (Å²) in [6.07, 6.45) is 0.108. The SMILES string of the molecule is CC(C)(C)c1ccc(C(=O)NC(Cc2ccc(-c3noc(-c4ccc(-c5cccc(F)c5)cc4)n3)cc2)C(=O)O)cc1. The molecule has 0 radical (unpaired) electrons. The largest absolute Gasteiger partial charge is 0.480 e. The molecular weight excluding hydrogens is 533 g/mol. The number of hydrogen-bond donors (Lipinski definition) is 2. The number of carbonyl (C=O) groups is 2. The maximum Gasteiger partial charge on any atom is 0.326 e. The van der Waals surface area contributed by atoms with Gasteiger partial charge in [0.1, 0.15) is 11.9 Å². The fraction of sp³-hybridized carbons (Fsp3) is 0.176. The predicted octanol–water partition coefficient (Wildman–Crippen LogP) is 6.93. The lowest BCUT2D eigenvalue weighted by Crippen LogP contribution is -2.42. The lowest BCUT2D eigenvalue weighted by Gasteiger charge is -2.19. The molecule has 4 aromatic carbocycles. The van der Waals surface area contributed by atoms with Gasteiger partial charge in [0.2, 0.25) is 5.82 Å². The minimum Gasteiger partial charge on any atom is -0.480 e. The third kappa shape index (κ3) is 6.61. The first-order chi connectivity index (χ1) is 20.1. The van der Waals surface area contributed by atoms with Crippen molar-refractivity contribution in [3.63, 3.8) is 0 Å². The zero-order chi connectivity index (χ0) is 29.9. The number of hydrogen-bond acceptors (Lipinski definition) is 5. The molecular formula is C34H30FN3O4. The van der Waals surface area contributed by atoms with Gasteiger partial charge in [0, 0.05) is 23.1 Å². The Morgan fingerprint density at radius 2 is 1.50 bits per heavy atom. The number of carboxylic acid groups (broad SMARTS) is 1. The van der Waals surface area contributed by atoms with Gasteiger partial charge in [-0.25, -0.2) is 9.18 Å². The molecule has 42 heavy (non-hydrogen) atoms. The van der Waals surface area contributed by atoms with Crippen LogP contribution in [0.3, 0.4) is 0 Å². The van der Waals surface area contributed by atoms with Crippen molar-refractivity contribution in [2.75, 3.05) is 0 Å². The molecule has 0 bridgehead atoms. The molecule has 1 heterocycles. The monoisotopic (exact) mass is 563 g/mol. The Hall–Kier alpha value is -5.11. The lowest BCUT2D eigenvalue weighted by atomic mass is 9.86. The van der Waals surface area contributed by atoms with Crippen LogP contribution in [0.1, 0.15) is 42.3 Å². The van der Waals surface area contributed by atoms with Crippen LogP contribution in [0.15, 0.2) is 102 Å². The maximum absolute atomic E-state index is 13.6. The summed E-state index contributed by atoms with van der Waals surface area (Å²) in [4.78, 5) is 29.2. The molecule has 2 N–H and O–H groups in total. The van der Waals surface area contributed by atoms with E-state index < -0.39 is 17.9 Å². The van der Waals surface area contributed by atoms with Crippen molar-refractivity contribution in [3.05, 3.63) is 120 Å². The summed E-state index contributed by atoms with van der Waals surface area (Å²) in [6, 6.07) is 27.0. The van der Waals surface area contributed by atoms with E-state index in [1.807, 2.05) is 42.5 Å². The van der Waals surface area contributed by atoms with E-state index in [2.05, 4.69) is 36.2 Å². The highest BCUT2D eigenvalue weighted by Gasteiger charge is 2.22. The Bertz CT molecular complexity index is 1700. The second-order valence-electron chi connectivity index (χ2n) is 11.1. The van der Waals surface area contributed by atoms with Crippen LogP contribution in [0, 0.1) is 5.82 Å². The van der Waals surface area contributed by atoms with Crippen molar-refractivity contribution in [2.24, 2.45) is 0 Å². The molecule has 0 aliphatic heterocycles. The third-order valence-corrected chi connectivity index (χ3v) is 6.98. The number of halogens is 1. The van der Waals surface area contributed by atoms with Gasteiger partial charge in [-0.05, 0) is 64.1 Å². The van der Waals surface area contributed by atoms with Gasteiger partial charge in [-0.1, -0.05) is 86.6 Å². The second-order valence-corrected chi connectivity index (χ2v) is 11.1. The fourth-order valence-corrected chi connectivity index (χ4v) is 4.52. The molecule has 0 saturated heterocycles. The van der Waals surface area contributed by atoms with Crippen molar-refractivity contribution in [2.45, 2.75) is 38.6 Å². The molecule has 0 aliphatic carbocycles. The number of nitrogens with zero attached hydrogens (tertiary/aromatic N) is 2. The smallest absolute Gasteiger partial charge is 0.326 e. The summed E-state index contributed by atoms with van der Waals surface area (Å²) in [5, 5.41) is 16.5. The number of carboxylic acids is 1. The topological polar surface area (TPSA) is 105 Å². The number of amides is 1. The van der Waals surface area contributed by atoms with Crippen LogP contribution in [0.5, 0.6) is 0 Å². The molecule has 212 valence electrons. The summed E-state index contributed by atoms with van der Waals surface area (Å²) in [5.41, 5.74) is 5.22. The molecule has 1 aromatic heterocycles. The highest BCUT2D eigenvalue weighted by molar-refractivity contribution is 5.96. The van der Waals surface area contributed by atoms with Crippen molar-refractivity contribution in [3.8, 4) is 34.0 Å². The predicted molar refractivity (Wildman–Crippen MR) is 158 cm³/mol. The molecule has 5 aromatic rings. The highest BCUT2D eigenvalue weighted by atomic mass is 19.1.